The van der Waals surface area contributed by atoms with Crippen molar-refractivity contribution in [3.8, 4) is 5.69 Å². The Morgan fingerprint density at radius 3 is 2.96 bits per heavy atom. The maximum atomic E-state index is 12.6. The Hall–Kier alpha value is -2.84. The van der Waals surface area contributed by atoms with Crippen molar-refractivity contribution in [2.24, 2.45) is 7.05 Å². The van der Waals surface area contributed by atoms with Gasteiger partial charge in [0.05, 0.1) is 17.4 Å². The van der Waals surface area contributed by atoms with Crippen LogP contribution in [0, 0.1) is 0 Å². The van der Waals surface area contributed by atoms with Crippen LogP contribution < -0.4 is 10.6 Å². The van der Waals surface area contributed by atoms with Gasteiger partial charge in [-0.05, 0) is 30.7 Å². The molecule has 27 heavy (non-hydrogen) atoms. The van der Waals surface area contributed by atoms with Crippen LogP contribution in [-0.4, -0.2) is 38.0 Å². The van der Waals surface area contributed by atoms with Crippen LogP contribution in [0.1, 0.15) is 18.3 Å². The topological polar surface area (TPSA) is 86.0 Å². The lowest BCUT2D eigenvalue weighted by Crippen LogP contribution is -2.40. The number of amides is 2. The molecule has 2 amide bonds. The second-order valence-electron chi connectivity index (χ2n) is 6.29. The van der Waals surface area contributed by atoms with E-state index in [0.29, 0.717) is 23.0 Å². The van der Waals surface area contributed by atoms with E-state index in [9.17, 15) is 4.79 Å². The Morgan fingerprint density at radius 1 is 1.33 bits per heavy atom. The predicted molar refractivity (Wildman–Crippen MR) is 101 cm³/mol. The first kappa shape index (κ1) is 17.6. The van der Waals surface area contributed by atoms with Crippen LogP contribution in [0.15, 0.2) is 49.1 Å². The van der Waals surface area contributed by atoms with Crippen molar-refractivity contribution < 1.29 is 9.53 Å². The fraction of sp³-hybridized carbons (Fsp3) is 0.278. The number of hydrogen-bond donors (Lipinski definition) is 2. The maximum Gasteiger partial charge on any atom is 0.319 e. The minimum atomic E-state index is -0.319. The van der Waals surface area contributed by atoms with Crippen molar-refractivity contribution >= 4 is 23.3 Å². The minimum Gasteiger partial charge on any atom is -0.368 e. The van der Waals surface area contributed by atoms with E-state index < -0.39 is 0 Å². The molecule has 140 valence electrons. The number of nitrogens with one attached hydrogen (secondary N) is 2. The molecule has 0 unspecified atom stereocenters. The summed E-state index contributed by atoms with van der Waals surface area (Å²) in [6.07, 6.45) is 7.48. The van der Waals surface area contributed by atoms with Crippen LogP contribution in [0.3, 0.4) is 0 Å². The number of carbonyl (C=O) groups is 1. The molecule has 1 saturated heterocycles. The zero-order chi connectivity index (χ0) is 18.8. The highest BCUT2D eigenvalue weighted by atomic mass is 35.5. The highest BCUT2D eigenvalue weighted by Crippen LogP contribution is 2.28. The molecule has 0 spiro atoms. The summed E-state index contributed by atoms with van der Waals surface area (Å²) in [7, 11) is 1.91. The first-order chi connectivity index (χ1) is 13.1. The molecule has 0 radical (unpaired) electrons. The molecule has 0 bridgehead atoms. The summed E-state index contributed by atoms with van der Waals surface area (Å²) in [6, 6.07) is 6.55. The van der Waals surface area contributed by atoms with E-state index in [1.807, 2.05) is 17.8 Å². The fourth-order valence-electron chi connectivity index (χ4n) is 3.18. The molecule has 4 rings (SSSR count). The normalized spacial score (nSPS) is 19.2. The Balaban J connectivity index is 1.49. The molecule has 9 heteroatoms. The molecule has 3 aromatic rings. The van der Waals surface area contributed by atoms with Crippen LogP contribution in [0.2, 0.25) is 5.02 Å². The summed E-state index contributed by atoms with van der Waals surface area (Å²) in [6.45, 7) is 0.571. The number of urea groups is 1. The van der Waals surface area contributed by atoms with Gasteiger partial charge in [0.15, 0.2) is 0 Å². The lowest BCUT2D eigenvalue weighted by Gasteiger charge is -2.20. The second kappa shape index (κ2) is 7.42. The molecule has 0 aliphatic carbocycles. The minimum absolute atomic E-state index is 0.161. The lowest BCUT2D eigenvalue weighted by atomic mass is 10.1. The Labute approximate surface area is 161 Å². The molecule has 1 aliphatic heterocycles. The molecule has 1 aliphatic rings. The Kier molecular flexibility index (Phi) is 4.83. The first-order valence-corrected chi connectivity index (χ1v) is 8.95. The van der Waals surface area contributed by atoms with Gasteiger partial charge in [0, 0.05) is 43.5 Å². The van der Waals surface area contributed by atoms with Gasteiger partial charge in [-0.15, -0.1) is 0 Å². The standard InChI is InChI=1S/C18H19ClN6O2/c1-24-9-7-20-17(24)16-14(5-10-27-16)23-18(26)22-13-4-3-12(19)11-15(13)25-8-2-6-21-25/h2-4,6-9,11,14,16H,5,10H2,1H3,(H2,22,23,26)/t14-,16-/m1/s1. The van der Waals surface area contributed by atoms with E-state index in [1.165, 1.54) is 0 Å². The molecular weight excluding hydrogens is 368 g/mol. The van der Waals surface area contributed by atoms with Gasteiger partial charge in [0.1, 0.15) is 11.9 Å². The quantitative estimate of drug-likeness (QED) is 0.721. The fourth-order valence-corrected chi connectivity index (χ4v) is 3.35. The zero-order valence-corrected chi connectivity index (χ0v) is 15.4. The van der Waals surface area contributed by atoms with Crippen LogP contribution in [0.5, 0.6) is 0 Å². The van der Waals surface area contributed by atoms with Gasteiger partial charge in [0.2, 0.25) is 0 Å². The third kappa shape index (κ3) is 3.67. The van der Waals surface area contributed by atoms with Crippen LogP contribution in [0.4, 0.5) is 10.5 Å². The third-order valence-electron chi connectivity index (χ3n) is 4.48. The summed E-state index contributed by atoms with van der Waals surface area (Å²) in [5.74, 6) is 0.793. The van der Waals surface area contributed by atoms with Crippen molar-refractivity contribution in [2.75, 3.05) is 11.9 Å². The number of halogens is 1. The molecule has 2 N–H and O–H groups in total. The lowest BCUT2D eigenvalue weighted by molar-refractivity contribution is 0.0913. The highest BCUT2D eigenvalue weighted by molar-refractivity contribution is 6.30. The van der Waals surface area contributed by atoms with Gasteiger partial charge in [0.25, 0.3) is 0 Å². The number of aryl methyl sites for hydroxylation is 1. The average molecular weight is 387 g/mol. The van der Waals surface area contributed by atoms with Gasteiger partial charge < -0.3 is 19.9 Å². The monoisotopic (exact) mass is 386 g/mol. The Morgan fingerprint density at radius 2 is 2.22 bits per heavy atom. The number of rotatable bonds is 4. The largest absolute Gasteiger partial charge is 0.368 e. The third-order valence-corrected chi connectivity index (χ3v) is 4.72. The number of anilines is 1. The van der Waals surface area contributed by atoms with E-state index in [-0.39, 0.29) is 18.2 Å². The van der Waals surface area contributed by atoms with Gasteiger partial charge in [-0.3, -0.25) is 0 Å². The smallest absolute Gasteiger partial charge is 0.319 e. The average Bonchev–Trinajstić information content (AvgIpc) is 3.38. The van der Waals surface area contributed by atoms with Crippen LogP contribution in [-0.2, 0) is 11.8 Å². The number of nitrogens with zero attached hydrogens (tertiary/aromatic N) is 4. The van der Waals surface area contributed by atoms with Crippen molar-refractivity contribution in [1.29, 1.82) is 0 Å². The van der Waals surface area contributed by atoms with E-state index >= 15 is 0 Å². The van der Waals surface area contributed by atoms with Crippen LogP contribution in [0.25, 0.3) is 5.69 Å². The van der Waals surface area contributed by atoms with Crippen molar-refractivity contribution in [1.82, 2.24) is 24.6 Å². The van der Waals surface area contributed by atoms with E-state index in [1.54, 1.807) is 47.5 Å². The summed E-state index contributed by atoms with van der Waals surface area (Å²) in [4.78, 5) is 16.9. The highest BCUT2D eigenvalue weighted by Gasteiger charge is 2.33. The summed E-state index contributed by atoms with van der Waals surface area (Å²) in [5, 5.41) is 10.6. The Bertz CT molecular complexity index is 939. The molecule has 3 heterocycles. The SMILES string of the molecule is Cn1ccnc1[C@@H]1OCC[C@H]1NC(=O)Nc1ccc(Cl)cc1-n1cccn1. The molecule has 0 saturated carbocycles. The summed E-state index contributed by atoms with van der Waals surface area (Å²) in [5.41, 5.74) is 1.29. The van der Waals surface area contributed by atoms with E-state index in [0.717, 1.165) is 12.2 Å². The molecule has 1 fully saturated rings. The number of imidazole rings is 1. The van der Waals surface area contributed by atoms with Gasteiger partial charge in [-0.2, -0.15) is 5.10 Å². The van der Waals surface area contributed by atoms with Gasteiger partial charge >= 0.3 is 6.03 Å². The van der Waals surface area contributed by atoms with E-state index in [2.05, 4.69) is 20.7 Å². The predicted octanol–water partition coefficient (Wildman–Crippen LogP) is 2.91. The molecule has 2 atom stereocenters. The van der Waals surface area contributed by atoms with Crippen LogP contribution >= 0.6 is 11.6 Å². The molecule has 8 nitrogen and oxygen atoms in total. The number of ether oxygens (including phenoxy) is 1. The van der Waals surface area contributed by atoms with Gasteiger partial charge in [-0.1, -0.05) is 11.6 Å². The zero-order valence-electron chi connectivity index (χ0n) is 14.7. The number of hydrogen-bond acceptors (Lipinski definition) is 4. The number of aromatic nitrogens is 4. The van der Waals surface area contributed by atoms with Crippen molar-refractivity contribution in [3.63, 3.8) is 0 Å². The van der Waals surface area contributed by atoms with Crippen molar-refractivity contribution in [2.45, 2.75) is 18.6 Å². The summed E-state index contributed by atoms with van der Waals surface area (Å²) >= 11 is 6.10. The molecule has 1 aromatic carbocycles. The molecular formula is C18H19ClN6O2. The molecule has 2 aromatic heterocycles. The van der Waals surface area contributed by atoms with Gasteiger partial charge in [-0.25, -0.2) is 14.5 Å². The number of benzene rings is 1. The van der Waals surface area contributed by atoms with Crippen molar-refractivity contribution in [3.05, 3.63) is 59.9 Å². The number of carbonyl (C=O) groups excluding carboxylic acids is 1. The van der Waals surface area contributed by atoms with E-state index in [4.69, 9.17) is 16.3 Å². The second-order valence-corrected chi connectivity index (χ2v) is 6.73. The maximum absolute atomic E-state index is 12.6. The first-order valence-electron chi connectivity index (χ1n) is 8.58. The summed E-state index contributed by atoms with van der Waals surface area (Å²) < 4.78 is 9.33.